The van der Waals surface area contributed by atoms with Crippen LogP contribution in [0.25, 0.3) is 0 Å². The molecule has 0 aliphatic carbocycles. The van der Waals surface area contributed by atoms with E-state index in [2.05, 4.69) is 9.97 Å². The van der Waals surface area contributed by atoms with E-state index in [1.807, 2.05) is 4.90 Å². The number of rotatable bonds is 1. The van der Waals surface area contributed by atoms with Crippen LogP contribution < -0.4 is 10.5 Å². The van der Waals surface area contributed by atoms with E-state index in [1.54, 1.807) is 0 Å². The van der Waals surface area contributed by atoms with Crippen LogP contribution in [-0.4, -0.2) is 34.3 Å². The van der Waals surface area contributed by atoms with E-state index < -0.39 is 0 Å². The fourth-order valence-corrected chi connectivity index (χ4v) is 1.63. The Morgan fingerprint density at radius 3 is 2.86 bits per heavy atom. The zero-order chi connectivity index (χ0) is 9.97. The summed E-state index contributed by atoms with van der Waals surface area (Å²) in [7, 11) is 0. The molecule has 2 heterocycles. The molecule has 1 fully saturated rings. The van der Waals surface area contributed by atoms with Crippen LogP contribution in [0.3, 0.4) is 0 Å². The molecule has 1 saturated heterocycles. The minimum absolute atomic E-state index is 0.138. The summed E-state index contributed by atoms with van der Waals surface area (Å²) in [5.74, 6) is 0.695. The maximum atomic E-state index is 11.0. The number of aromatic amines is 1. The number of H-pyrrole nitrogens is 1. The first-order valence-electron chi connectivity index (χ1n) is 4.73. The van der Waals surface area contributed by atoms with Crippen molar-refractivity contribution in [3.8, 4) is 0 Å². The highest BCUT2D eigenvalue weighted by atomic mass is 16.3. The molecule has 0 unspecified atom stereocenters. The van der Waals surface area contributed by atoms with Gasteiger partial charge < -0.3 is 15.0 Å². The van der Waals surface area contributed by atoms with E-state index >= 15 is 0 Å². The lowest BCUT2D eigenvalue weighted by molar-refractivity contribution is 0.145. The lowest BCUT2D eigenvalue weighted by Gasteiger charge is -2.30. The summed E-state index contributed by atoms with van der Waals surface area (Å²) >= 11 is 0. The molecule has 0 amide bonds. The molecule has 0 aromatic carbocycles. The van der Waals surface area contributed by atoms with Gasteiger partial charge in [0.2, 0.25) is 0 Å². The van der Waals surface area contributed by atoms with E-state index in [0.717, 1.165) is 25.9 Å². The third-order valence-corrected chi connectivity index (χ3v) is 2.45. The molecular formula is C9H13N3O2. The van der Waals surface area contributed by atoms with Crippen LogP contribution in [0.4, 0.5) is 5.82 Å². The predicted molar refractivity (Wildman–Crippen MR) is 52.3 cm³/mol. The molecule has 5 heteroatoms. The Kier molecular flexibility index (Phi) is 2.49. The van der Waals surface area contributed by atoms with Gasteiger partial charge in [-0.2, -0.15) is 0 Å². The molecule has 0 spiro atoms. The predicted octanol–water partition coefficient (Wildman–Crippen LogP) is -0.269. The van der Waals surface area contributed by atoms with Crippen LogP contribution in [-0.2, 0) is 0 Å². The first kappa shape index (κ1) is 9.21. The van der Waals surface area contributed by atoms with E-state index in [-0.39, 0.29) is 11.7 Å². The van der Waals surface area contributed by atoms with E-state index in [1.165, 1.54) is 12.4 Å². The van der Waals surface area contributed by atoms with Gasteiger partial charge in [0.05, 0.1) is 12.4 Å². The van der Waals surface area contributed by atoms with E-state index in [9.17, 15) is 9.90 Å². The Morgan fingerprint density at radius 1 is 1.50 bits per heavy atom. The molecule has 14 heavy (non-hydrogen) atoms. The number of nitrogens with zero attached hydrogens (tertiary/aromatic N) is 2. The molecule has 1 aromatic heterocycles. The monoisotopic (exact) mass is 195 g/mol. The number of aromatic nitrogens is 2. The molecular weight excluding hydrogens is 182 g/mol. The molecule has 1 aliphatic rings. The summed E-state index contributed by atoms with van der Waals surface area (Å²) in [6.07, 6.45) is 2.69. The van der Waals surface area contributed by atoms with E-state index in [0.29, 0.717) is 5.82 Å². The van der Waals surface area contributed by atoms with E-state index in [4.69, 9.17) is 0 Å². The second-order valence-corrected chi connectivity index (χ2v) is 3.49. The van der Waals surface area contributed by atoms with Crippen molar-refractivity contribution in [1.82, 2.24) is 9.97 Å². The van der Waals surface area contributed by atoms with Crippen LogP contribution in [0.5, 0.6) is 0 Å². The molecule has 1 aliphatic heterocycles. The Hall–Kier alpha value is -1.36. The normalized spacial score (nSPS) is 18.5. The van der Waals surface area contributed by atoms with Crippen LogP contribution in [0.15, 0.2) is 17.2 Å². The number of aliphatic hydroxyl groups excluding tert-OH is 1. The molecule has 1 aromatic rings. The Labute approximate surface area is 81.4 Å². The fraction of sp³-hybridized carbons (Fsp3) is 0.556. The first-order chi connectivity index (χ1) is 6.75. The minimum atomic E-state index is -0.201. The maximum absolute atomic E-state index is 11.0. The van der Waals surface area contributed by atoms with Gasteiger partial charge >= 0.3 is 0 Å². The Balaban J connectivity index is 2.12. The second kappa shape index (κ2) is 3.79. The smallest absolute Gasteiger partial charge is 0.252 e. The first-order valence-corrected chi connectivity index (χ1v) is 4.73. The molecule has 5 nitrogen and oxygen atoms in total. The highest BCUT2D eigenvalue weighted by Crippen LogP contribution is 2.15. The van der Waals surface area contributed by atoms with Gasteiger partial charge in [-0.05, 0) is 12.8 Å². The van der Waals surface area contributed by atoms with Crippen LogP contribution >= 0.6 is 0 Å². The molecule has 0 radical (unpaired) electrons. The molecule has 0 bridgehead atoms. The third-order valence-electron chi connectivity index (χ3n) is 2.45. The number of hydrogen-bond acceptors (Lipinski definition) is 4. The molecule has 0 saturated carbocycles. The quantitative estimate of drug-likeness (QED) is 0.647. The van der Waals surface area contributed by atoms with Gasteiger partial charge in [0, 0.05) is 19.2 Å². The van der Waals surface area contributed by atoms with Gasteiger partial charge in [-0.15, -0.1) is 0 Å². The van der Waals surface area contributed by atoms with Gasteiger partial charge in [0.15, 0.2) is 0 Å². The standard InChI is InChI=1S/C9H13N3O2/c13-7-1-3-12(4-2-7)8-5-9(14)11-6-10-8/h5-7,13H,1-4H2,(H,10,11,14). The minimum Gasteiger partial charge on any atom is -0.393 e. The van der Waals surface area contributed by atoms with Crippen molar-refractivity contribution in [3.63, 3.8) is 0 Å². The van der Waals surface area contributed by atoms with Crippen molar-refractivity contribution in [3.05, 3.63) is 22.7 Å². The van der Waals surface area contributed by atoms with Gasteiger partial charge in [-0.3, -0.25) is 4.79 Å². The highest BCUT2D eigenvalue weighted by molar-refractivity contribution is 5.36. The third kappa shape index (κ3) is 1.93. The van der Waals surface area contributed by atoms with Gasteiger partial charge in [0.25, 0.3) is 5.56 Å². The summed E-state index contributed by atoms with van der Waals surface area (Å²) in [6.45, 7) is 1.52. The molecule has 2 N–H and O–H groups in total. The Bertz CT molecular complexity index is 355. The highest BCUT2D eigenvalue weighted by Gasteiger charge is 2.17. The zero-order valence-corrected chi connectivity index (χ0v) is 7.81. The average molecular weight is 195 g/mol. The van der Waals surface area contributed by atoms with Crippen molar-refractivity contribution >= 4 is 5.82 Å². The van der Waals surface area contributed by atoms with Crippen molar-refractivity contribution in [1.29, 1.82) is 0 Å². The number of anilines is 1. The molecule has 76 valence electrons. The largest absolute Gasteiger partial charge is 0.393 e. The second-order valence-electron chi connectivity index (χ2n) is 3.49. The SMILES string of the molecule is O=c1cc(N2CCC(O)CC2)nc[nH]1. The molecule has 0 atom stereocenters. The van der Waals surface area contributed by atoms with Crippen molar-refractivity contribution in [2.24, 2.45) is 0 Å². The van der Waals surface area contributed by atoms with Crippen molar-refractivity contribution in [2.45, 2.75) is 18.9 Å². The fourth-order valence-electron chi connectivity index (χ4n) is 1.63. The lowest BCUT2D eigenvalue weighted by Crippen LogP contribution is -2.36. The maximum Gasteiger partial charge on any atom is 0.252 e. The summed E-state index contributed by atoms with van der Waals surface area (Å²) in [5, 5.41) is 9.31. The molecule has 2 rings (SSSR count). The van der Waals surface area contributed by atoms with Crippen LogP contribution in [0, 0.1) is 0 Å². The summed E-state index contributed by atoms with van der Waals surface area (Å²) in [5.41, 5.74) is -0.138. The number of nitrogens with one attached hydrogen (secondary N) is 1. The van der Waals surface area contributed by atoms with Gasteiger partial charge in [0.1, 0.15) is 5.82 Å². The Morgan fingerprint density at radius 2 is 2.21 bits per heavy atom. The number of hydrogen-bond donors (Lipinski definition) is 2. The van der Waals surface area contributed by atoms with Crippen molar-refractivity contribution < 1.29 is 5.11 Å². The number of piperidine rings is 1. The van der Waals surface area contributed by atoms with Crippen LogP contribution in [0.2, 0.25) is 0 Å². The lowest BCUT2D eigenvalue weighted by atomic mass is 10.1. The summed E-state index contributed by atoms with van der Waals surface area (Å²) in [6, 6.07) is 1.48. The van der Waals surface area contributed by atoms with Gasteiger partial charge in [-0.25, -0.2) is 4.98 Å². The number of aliphatic hydroxyl groups is 1. The summed E-state index contributed by atoms with van der Waals surface area (Å²) < 4.78 is 0. The topological polar surface area (TPSA) is 69.2 Å². The summed E-state index contributed by atoms with van der Waals surface area (Å²) in [4.78, 5) is 19.6. The average Bonchev–Trinajstić information content (AvgIpc) is 2.19. The van der Waals surface area contributed by atoms with Crippen LogP contribution in [0.1, 0.15) is 12.8 Å². The van der Waals surface area contributed by atoms with Crippen molar-refractivity contribution in [2.75, 3.05) is 18.0 Å². The zero-order valence-electron chi connectivity index (χ0n) is 7.81. The van der Waals surface area contributed by atoms with Gasteiger partial charge in [-0.1, -0.05) is 0 Å².